The number of aryl methyl sites for hydroxylation is 1. The van der Waals surface area contributed by atoms with Gasteiger partial charge in [0, 0.05) is 44.3 Å². The summed E-state index contributed by atoms with van der Waals surface area (Å²) >= 11 is 0. The number of nitrogens with zero attached hydrogens (tertiary/aromatic N) is 4. The molecule has 0 unspecified atom stereocenters. The summed E-state index contributed by atoms with van der Waals surface area (Å²) in [6, 6.07) is 12.5. The predicted molar refractivity (Wildman–Crippen MR) is 127 cm³/mol. The van der Waals surface area contributed by atoms with E-state index < -0.39 is 5.41 Å². The number of hydrogen-bond acceptors (Lipinski definition) is 4. The summed E-state index contributed by atoms with van der Waals surface area (Å²) in [5.41, 5.74) is 4.19. The second-order valence-corrected chi connectivity index (χ2v) is 8.70. The smallest absolute Gasteiger partial charge is 0.226 e. The van der Waals surface area contributed by atoms with Gasteiger partial charge in [-0.05, 0) is 55.1 Å². The van der Waals surface area contributed by atoms with E-state index in [1.54, 1.807) is 12.3 Å². The van der Waals surface area contributed by atoms with Gasteiger partial charge in [-0.15, -0.1) is 6.58 Å². The molecule has 4 rings (SSSR count). The van der Waals surface area contributed by atoms with Crippen LogP contribution in [0.2, 0.25) is 0 Å². The zero-order valence-corrected chi connectivity index (χ0v) is 18.7. The summed E-state index contributed by atoms with van der Waals surface area (Å²) in [5.74, 6) is 0.130. The third kappa shape index (κ3) is 5.14. The van der Waals surface area contributed by atoms with Gasteiger partial charge in [0.1, 0.15) is 0 Å². The van der Waals surface area contributed by atoms with Gasteiger partial charge in [-0.25, -0.2) is 0 Å². The Balaban J connectivity index is 1.51. The highest BCUT2D eigenvalue weighted by atomic mass is 16.2. The standard InChI is InChI=1S/C26H31N5O/c1-3-11-28-25(32)26(9-13-31(14-10-26)20-22-17-29-30(2)19-22)16-21-6-4-7-23(15-21)24-8-5-12-27-18-24/h3-8,12,15,17-19H,1,9-11,13-14,16,20H2,2H3,(H,28,32). The van der Waals surface area contributed by atoms with Crippen LogP contribution in [0.5, 0.6) is 0 Å². The fourth-order valence-corrected chi connectivity index (χ4v) is 4.57. The molecule has 1 amide bonds. The molecule has 166 valence electrons. The van der Waals surface area contributed by atoms with Crippen molar-refractivity contribution in [2.45, 2.75) is 25.8 Å². The number of benzene rings is 1. The lowest BCUT2D eigenvalue weighted by atomic mass is 9.72. The lowest BCUT2D eigenvalue weighted by Crippen LogP contribution is -2.49. The summed E-state index contributed by atoms with van der Waals surface area (Å²) in [6.45, 7) is 6.89. The molecule has 1 N–H and O–H groups in total. The fraction of sp³-hybridized carbons (Fsp3) is 0.346. The third-order valence-corrected chi connectivity index (χ3v) is 6.33. The van der Waals surface area contributed by atoms with Gasteiger partial charge in [-0.3, -0.25) is 19.4 Å². The van der Waals surface area contributed by atoms with Gasteiger partial charge in [0.15, 0.2) is 0 Å². The lowest BCUT2D eigenvalue weighted by molar-refractivity contribution is -0.133. The zero-order chi connectivity index (χ0) is 22.4. The molecule has 6 heteroatoms. The minimum Gasteiger partial charge on any atom is -0.352 e. The Morgan fingerprint density at radius 3 is 2.66 bits per heavy atom. The quantitative estimate of drug-likeness (QED) is 0.556. The SMILES string of the molecule is C=CCNC(=O)C1(Cc2cccc(-c3cccnc3)c2)CCN(Cc2cnn(C)c2)CC1. The van der Waals surface area contributed by atoms with E-state index in [-0.39, 0.29) is 5.91 Å². The maximum absolute atomic E-state index is 13.3. The molecule has 0 aliphatic carbocycles. The van der Waals surface area contributed by atoms with E-state index in [1.165, 1.54) is 11.1 Å². The van der Waals surface area contributed by atoms with E-state index >= 15 is 0 Å². The van der Waals surface area contributed by atoms with Crippen molar-refractivity contribution in [2.75, 3.05) is 19.6 Å². The number of piperidine rings is 1. The van der Waals surface area contributed by atoms with Crippen LogP contribution >= 0.6 is 0 Å². The van der Waals surface area contributed by atoms with Crippen LogP contribution in [0.25, 0.3) is 11.1 Å². The lowest BCUT2D eigenvalue weighted by Gasteiger charge is -2.41. The van der Waals surface area contributed by atoms with Crippen molar-refractivity contribution in [2.24, 2.45) is 12.5 Å². The molecular weight excluding hydrogens is 398 g/mol. The molecule has 3 aromatic rings. The van der Waals surface area contributed by atoms with E-state index in [1.807, 2.05) is 30.2 Å². The molecule has 0 radical (unpaired) electrons. The van der Waals surface area contributed by atoms with Gasteiger partial charge in [0.05, 0.1) is 11.6 Å². The molecule has 32 heavy (non-hydrogen) atoms. The molecule has 3 heterocycles. The Kier molecular flexibility index (Phi) is 6.81. The van der Waals surface area contributed by atoms with Crippen LogP contribution in [0.4, 0.5) is 0 Å². The van der Waals surface area contributed by atoms with Gasteiger partial charge in [-0.2, -0.15) is 5.10 Å². The molecule has 1 saturated heterocycles. The largest absolute Gasteiger partial charge is 0.352 e. The van der Waals surface area contributed by atoms with Crippen LogP contribution in [0.3, 0.4) is 0 Å². The Labute approximate surface area is 190 Å². The van der Waals surface area contributed by atoms with Crippen LogP contribution in [0, 0.1) is 5.41 Å². The Morgan fingerprint density at radius 2 is 1.97 bits per heavy atom. The molecule has 6 nitrogen and oxygen atoms in total. The highest BCUT2D eigenvalue weighted by Crippen LogP contribution is 2.37. The number of rotatable bonds is 8. The molecule has 0 bridgehead atoms. The summed E-state index contributed by atoms with van der Waals surface area (Å²) in [7, 11) is 1.94. The second-order valence-electron chi connectivity index (χ2n) is 8.70. The van der Waals surface area contributed by atoms with E-state index in [4.69, 9.17) is 0 Å². The minimum atomic E-state index is -0.415. The van der Waals surface area contributed by atoms with Crippen molar-refractivity contribution < 1.29 is 4.79 Å². The summed E-state index contributed by atoms with van der Waals surface area (Å²) in [5, 5.41) is 7.35. The predicted octanol–water partition coefficient (Wildman–Crippen LogP) is 3.61. The van der Waals surface area contributed by atoms with E-state index in [2.05, 4.69) is 63.4 Å². The van der Waals surface area contributed by atoms with Gasteiger partial charge < -0.3 is 5.32 Å². The van der Waals surface area contributed by atoms with Crippen LogP contribution in [0.1, 0.15) is 24.0 Å². The molecule has 1 aliphatic rings. The first-order valence-corrected chi connectivity index (χ1v) is 11.2. The minimum absolute atomic E-state index is 0.130. The first-order chi connectivity index (χ1) is 15.6. The van der Waals surface area contributed by atoms with Gasteiger partial charge in [0.2, 0.25) is 5.91 Å². The topological polar surface area (TPSA) is 63.1 Å². The van der Waals surface area contributed by atoms with E-state index in [0.29, 0.717) is 6.54 Å². The zero-order valence-electron chi connectivity index (χ0n) is 18.7. The molecule has 2 aromatic heterocycles. The maximum Gasteiger partial charge on any atom is 0.226 e. The molecule has 0 spiro atoms. The summed E-state index contributed by atoms with van der Waals surface area (Å²) in [4.78, 5) is 20.0. The summed E-state index contributed by atoms with van der Waals surface area (Å²) in [6.07, 6.45) is 11.8. The van der Waals surface area contributed by atoms with Gasteiger partial charge >= 0.3 is 0 Å². The highest BCUT2D eigenvalue weighted by molar-refractivity contribution is 5.83. The Hall–Kier alpha value is -3.25. The van der Waals surface area contributed by atoms with Crippen molar-refractivity contribution in [3.63, 3.8) is 0 Å². The van der Waals surface area contributed by atoms with Gasteiger partial charge in [-0.1, -0.05) is 36.4 Å². The monoisotopic (exact) mass is 429 g/mol. The van der Waals surface area contributed by atoms with E-state index in [0.717, 1.165) is 50.0 Å². The maximum atomic E-state index is 13.3. The molecule has 1 aromatic carbocycles. The number of likely N-dealkylation sites (tertiary alicyclic amines) is 1. The first-order valence-electron chi connectivity index (χ1n) is 11.2. The van der Waals surface area contributed by atoms with Crippen LogP contribution in [-0.2, 0) is 24.8 Å². The Morgan fingerprint density at radius 1 is 1.16 bits per heavy atom. The van der Waals surface area contributed by atoms with Crippen molar-refractivity contribution in [3.05, 3.63) is 85.0 Å². The van der Waals surface area contributed by atoms with Crippen molar-refractivity contribution in [1.82, 2.24) is 25.0 Å². The number of pyridine rings is 1. The highest BCUT2D eigenvalue weighted by Gasteiger charge is 2.41. The molecule has 1 fully saturated rings. The molecule has 0 atom stereocenters. The second kappa shape index (κ2) is 9.92. The van der Waals surface area contributed by atoms with Crippen LogP contribution in [0.15, 0.2) is 73.8 Å². The normalized spacial score (nSPS) is 15.9. The average Bonchev–Trinajstić information content (AvgIpc) is 3.24. The third-order valence-electron chi connectivity index (χ3n) is 6.33. The fourth-order valence-electron chi connectivity index (χ4n) is 4.57. The average molecular weight is 430 g/mol. The van der Waals surface area contributed by atoms with Crippen molar-refractivity contribution in [3.8, 4) is 11.1 Å². The molecule has 1 aliphatic heterocycles. The van der Waals surface area contributed by atoms with E-state index in [9.17, 15) is 4.79 Å². The summed E-state index contributed by atoms with van der Waals surface area (Å²) < 4.78 is 1.83. The number of carbonyl (C=O) groups is 1. The number of nitrogens with one attached hydrogen (secondary N) is 1. The van der Waals surface area contributed by atoms with Crippen molar-refractivity contribution >= 4 is 5.91 Å². The van der Waals surface area contributed by atoms with Crippen molar-refractivity contribution in [1.29, 1.82) is 0 Å². The first kappa shape index (κ1) is 22.0. The Bertz CT molecular complexity index is 1050. The van der Waals surface area contributed by atoms with Crippen LogP contribution < -0.4 is 5.32 Å². The molecular formula is C26H31N5O. The number of aromatic nitrogens is 3. The number of hydrogen-bond donors (Lipinski definition) is 1. The molecule has 0 saturated carbocycles. The van der Waals surface area contributed by atoms with Crippen LogP contribution in [-0.4, -0.2) is 45.2 Å². The number of carbonyl (C=O) groups excluding carboxylic acids is 1. The number of amides is 1. The van der Waals surface area contributed by atoms with Gasteiger partial charge in [0.25, 0.3) is 0 Å².